The molecule has 0 radical (unpaired) electrons. The van der Waals surface area contributed by atoms with Gasteiger partial charge in [-0.15, -0.1) is 0 Å². The summed E-state index contributed by atoms with van der Waals surface area (Å²) in [5.41, 5.74) is -1.16. The van der Waals surface area contributed by atoms with Gasteiger partial charge in [-0.2, -0.15) is 0 Å². The van der Waals surface area contributed by atoms with Gasteiger partial charge in [0.2, 0.25) is 0 Å². The molecule has 0 spiro atoms. The van der Waals surface area contributed by atoms with E-state index in [1.807, 2.05) is 0 Å². The molecule has 0 saturated heterocycles. The summed E-state index contributed by atoms with van der Waals surface area (Å²) in [5, 5.41) is 12.2. The highest BCUT2D eigenvalue weighted by atomic mass is 32.2. The lowest BCUT2D eigenvalue weighted by Crippen LogP contribution is -2.45. The van der Waals surface area contributed by atoms with E-state index in [4.69, 9.17) is 0 Å². The minimum Gasteiger partial charge on any atom is -0.390 e. The minimum absolute atomic E-state index is 0.0167. The summed E-state index contributed by atoms with van der Waals surface area (Å²) in [5.74, 6) is -5.49. The number of halogens is 3. The number of aliphatic hydroxyl groups is 1. The molecule has 2 N–H and O–H groups in total. The fourth-order valence-electron chi connectivity index (χ4n) is 4.86. The molecule has 2 aliphatic rings. The first-order chi connectivity index (χ1) is 14.5. The number of benzene rings is 2. The Hall–Kier alpha value is -2.39. The first kappa shape index (κ1) is 21.8. The van der Waals surface area contributed by atoms with Crippen molar-refractivity contribution in [1.29, 1.82) is 0 Å². The fourth-order valence-corrected chi connectivity index (χ4v) is 6.77. The summed E-state index contributed by atoms with van der Waals surface area (Å²) in [6, 6.07) is 6.69. The highest BCUT2D eigenvalue weighted by Crippen LogP contribution is 2.51. The van der Waals surface area contributed by atoms with Crippen molar-refractivity contribution in [1.82, 2.24) is 0 Å². The smallest absolute Gasteiger partial charge is 0.255 e. The van der Waals surface area contributed by atoms with Crippen LogP contribution in [-0.2, 0) is 9.84 Å². The van der Waals surface area contributed by atoms with E-state index in [0.717, 1.165) is 12.8 Å². The number of rotatable bonds is 4. The van der Waals surface area contributed by atoms with E-state index in [9.17, 15) is 31.5 Å². The van der Waals surface area contributed by atoms with Crippen molar-refractivity contribution in [3.8, 4) is 0 Å². The zero-order chi connectivity index (χ0) is 22.6. The molecule has 9 heteroatoms. The molecule has 4 atom stereocenters. The van der Waals surface area contributed by atoms with Crippen LogP contribution in [0.2, 0.25) is 0 Å². The number of hydrogen-bond donors (Lipinski definition) is 2. The van der Waals surface area contributed by atoms with E-state index >= 15 is 0 Å². The van der Waals surface area contributed by atoms with E-state index in [2.05, 4.69) is 5.32 Å². The van der Waals surface area contributed by atoms with Crippen molar-refractivity contribution >= 4 is 21.4 Å². The molecule has 5 nitrogen and oxygen atoms in total. The number of nitrogens with one attached hydrogen (secondary N) is 1. The zero-order valence-electron chi connectivity index (χ0n) is 16.7. The van der Waals surface area contributed by atoms with Gasteiger partial charge in [0.15, 0.2) is 27.3 Å². The number of hydrogen-bond acceptors (Lipinski definition) is 4. The van der Waals surface area contributed by atoms with Gasteiger partial charge in [0.05, 0.1) is 15.7 Å². The summed E-state index contributed by atoms with van der Waals surface area (Å²) in [4.78, 5) is 12.5. The van der Waals surface area contributed by atoms with Crippen LogP contribution < -0.4 is 5.32 Å². The van der Waals surface area contributed by atoms with Crippen molar-refractivity contribution in [2.24, 2.45) is 11.8 Å². The second kappa shape index (κ2) is 7.63. The molecule has 2 aromatic carbocycles. The van der Waals surface area contributed by atoms with Gasteiger partial charge in [0.1, 0.15) is 0 Å². The summed E-state index contributed by atoms with van der Waals surface area (Å²) in [6.45, 7) is 1.77. The maximum atomic E-state index is 13.4. The average molecular weight is 453 g/mol. The molecule has 2 saturated carbocycles. The topological polar surface area (TPSA) is 83.5 Å². The van der Waals surface area contributed by atoms with Crippen LogP contribution in [0, 0.1) is 29.3 Å². The molecule has 1 unspecified atom stereocenters. The number of fused-ring (bicyclic) bond motifs is 2. The van der Waals surface area contributed by atoms with Crippen molar-refractivity contribution in [2.75, 3.05) is 5.32 Å². The average Bonchev–Trinajstić information content (AvgIpc) is 2.88. The fraction of sp³-hybridized carbons (Fsp3) is 0.409. The van der Waals surface area contributed by atoms with Gasteiger partial charge in [0, 0.05) is 23.4 Å². The van der Waals surface area contributed by atoms with E-state index < -0.39 is 44.0 Å². The second-order valence-electron chi connectivity index (χ2n) is 8.57. The first-order valence-corrected chi connectivity index (χ1v) is 11.6. The number of carbonyl (C=O) groups is 1. The number of sulfone groups is 1. The third-order valence-electron chi connectivity index (χ3n) is 6.72. The molecule has 2 bridgehead atoms. The molecule has 1 amide bonds. The Balaban J connectivity index is 1.56. The van der Waals surface area contributed by atoms with Crippen LogP contribution in [-0.4, -0.2) is 30.3 Å². The summed E-state index contributed by atoms with van der Waals surface area (Å²) in [7, 11) is -3.75. The molecule has 2 aliphatic carbocycles. The second-order valence-corrected chi connectivity index (χ2v) is 10.8. The highest BCUT2D eigenvalue weighted by molar-refractivity contribution is 7.92. The van der Waals surface area contributed by atoms with Crippen LogP contribution in [0.4, 0.5) is 18.9 Å². The molecule has 4 rings (SSSR count). The van der Waals surface area contributed by atoms with Gasteiger partial charge < -0.3 is 10.4 Å². The maximum Gasteiger partial charge on any atom is 0.255 e. The molecule has 31 heavy (non-hydrogen) atoms. The lowest BCUT2D eigenvalue weighted by molar-refractivity contribution is -0.0413. The van der Waals surface area contributed by atoms with Gasteiger partial charge in [-0.05, 0) is 62.6 Å². The minimum atomic E-state index is -3.75. The molecule has 0 heterocycles. The Labute approximate surface area is 178 Å². The van der Waals surface area contributed by atoms with Gasteiger partial charge >= 0.3 is 0 Å². The lowest BCUT2D eigenvalue weighted by atomic mass is 9.76. The Morgan fingerprint density at radius 3 is 2.23 bits per heavy atom. The Morgan fingerprint density at radius 1 is 1.06 bits per heavy atom. The number of amides is 1. The van der Waals surface area contributed by atoms with Crippen LogP contribution in [0.5, 0.6) is 0 Å². The Bertz CT molecular complexity index is 1110. The highest BCUT2D eigenvalue weighted by Gasteiger charge is 2.52. The Morgan fingerprint density at radius 2 is 1.65 bits per heavy atom. The third kappa shape index (κ3) is 3.85. The van der Waals surface area contributed by atoms with E-state index in [1.54, 1.807) is 6.92 Å². The molecule has 0 aromatic heterocycles. The summed E-state index contributed by atoms with van der Waals surface area (Å²) in [6.07, 6.45) is 2.29. The number of anilines is 1. The third-order valence-corrected chi connectivity index (χ3v) is 8.89. The van der Waals surface area contributed by atoms with Crippen LogP contribution in [0.15, 0.2) is 41.3 Å². The van der Waals surface area contributed by atoms with Crippen molar-refractivity contribution in [3.05, 3.63) is 59.4 Å². The predicted octanol–water partition coefficient (Wildman–Crippen LogP) is 4.07. The van der Waals surface area contributed by atoms with Crippen LogP contribution in [0.3, 0.4) is 0 Å². The van der Waals surface area contributed by atoms with Gasteiger partial charge in [-0.25, -0.2) is 21.6 Å². The standard InChI is InChI=1S/C22H22F3NO4S/c1-22(28)13-5-6-14(22)9-17(8-13)31(29,30)16-4-2-3-12(7-16)21(27)26-15-10-18(23)20(25)19(24)11-15/h2-4,7,10-11,13-14,17,28H,5-6,8-9H2,1H3,(H,26,27)/t13-,14?,17-,22-/m0/s1. The normalized spacial score (nSPS) is 27.8. The van der Waals surface area contributed by atoms with E-state index in [1.165, 1.54) is 24.3 Å². The molecular formula is C22H22F3NO4S. The molecule has 2 fully saturated rings. The quantitative estimate of drug-likeness (QED) is 0.684. The predicted molar refractivity (Wildman–Crippen MR) is 108 cm³/mol. The van der Waals surface area contributed by atoms with Crippen LogP contribution >= 0.6 is 0 Å². The lowest BCUT2D eigenvalue weighted by Gasteiger charge is -2.39. The largest absolute Gasteiger partial charge is 0.390 e. The van der Waals surface area contributed by atoms with Gasteiger partial charge in [-0.3, -0.25) is 4.79 Å². The van der Waals surface area contributed by atoms with Crippen LogP contribution in [0.1, 0.15) is 43.0 Å². The van der Waals surface area contributed by atoms with Crippen LogP contribution in [0.25, 0.3) is 0 Å². The zero-order valence-corrected chi connectivity index (χ0v) is 17.6. The summed E-state index contributed by atoms with van der Waals surface area (Å²) >= 11 is 0. The Kier molecular flexibility index (Phi) is 5.37. The first-order valence-electron chi connectivity index (χ1n) is 10.0. The molecule has 0 aliphatic heterocycles. The van der Waals surface area contributed by atoms with Crippen molar-refractivity contribution in [2.45, 2.75) is 48.4 Å². The van der Waals surface area contributed by atoms with E-state index in [-0.39, 0.29) is 28.0 Å². The molecule has 2 aromatic rings. The van der Waals surface area contributed by atoms with Crippen molar-refractivity contribution < 1.29 is 31.5 Å². The van der Waals surface area contributed by atoms with Gasteiger partial charge in [-0.1, -0.05) is 6.07 Å². The maximum absolute atomic E-state index is 13.4. The monoisotopic (exact) mass is 453 g/mol. The van der Waals surface area contributed by atoms with E-state index in [0.29, 0.717) is 25.0 Å². The SMILES string of the molecule is C[C@@]1(O)C2CC[C@H]1C[C@H](S(=O)(=O)c1cccc(C(=O)Nc3cc(F)c(F)c(F)c3)c1)C2. The molecular weight excluding hydrogens is 431 g/mol. The van der Waals surface area contributed by atoms with Gasteiger partial charge in [0.25, 0.3) is 5.91 Å². The molecule has 166 valence electrons. The van der Waals surface area contributed by atoms with Crippen molar-refractivity contribution in [3.63, 3.8) is 0 Å². The summed E-state index contributed by atoms with van der Waals surface area (Å²) < 4.78 is 66.3. The number of carbonyl (C=O) groups excluding carboxylic acids is 1.